The standard InChI is InChI=1S/C16H28N2OS/c1-20-11-3-8-17-10-7-16(13-17)6-2-9-18(15(16)19)12-14-4-5-14/h14H,2-13H2,1H3/t16-/m1/s1. The highest BCUT2D eigenvalue weighted by molar-refractivity contribution is 7.98. The highest BCUT2D eigenvalue weighted by Crippen LogP contribution is 2.41. The summed E-state index contributed by atoms with van der Waals surface area (Å²) in [5.41, 5.74) is -0.00744. The summed E-state index contributed by atoms with van der Waals surface area (Å²) in [5, 5.41) is 0. The average Bonchev–Trinajstić information content (AvgIpc) is 3.17. The van der Waals surface area contributed by atoms with E-state index in [9.17, 15) is 4.79 Å². The van der Waals surface area contributed by atoms with Gasteiger partial charge < -0.3 is 9.80 Å². The molecule has 20 heavy (non-hydrogen) atoms. The van der Waals surface area contributed by atoms with E-state index in [1.54, 1.807) is 0 Å². The summed E-state index contributed by atoms with van der Waals surface area (Å²) in [6.07, 6.45) is 9.58. The van der Waals surface area contributed by atoms with Crippen LogP contribution in [0.2, 0.25) is 0 Å². The fourth-order valence-electron chi connectivity index (χ4n) is 3.90. The highest BCUT2D eigenvalue weighted by atomic mass is 32.2. The van der Waals surface area contributed by atoms with Gasteiger partial charge >= 0.3 is 0 Å². The monoisotopic (exact) mass is 296 g/mol. The molecule has 0 aromatic heterocycles. The van der Waals surface area contributed by atoms with Crippen LogP contribution >= 0.6 is 11.8 Å². The lowest BCUT2D eigenvalue weighted by atomic mass is 9.78. The minimum atomic E-state index is -0.00744. The number of amides is 1. The molecule has 0 unspecified atom stereocenters. The number of carbonyl (C=O) groups is 1. The Bertz CT molecular complexity index is 358. The topological polar surface area (TPSA) is 23.6 Å². The Balaban J connectivity index is 1.55. The van der Waals surface area contributed by atoms with Crippen molar-refractivity contribution in [1.29, 1.82) is 0 Å². The Hall–Kier alpha value is -0.220. The largest absolute Gasteiger partial charge is 0.342 e. The van der Waals surface area contributed by atoms with Gasteiger partial charge in [0.15, 0.2) is 0 Å². The fourth-order valence-corrected chi connectivity index (χ4v) is 4.32. The third-order valence-corrected chi connectivity index (χ3v) is 5.95. The van der Waals surface area contributed by atoms with Crippen LogP contribution in [-0.2, 0) is 4.79 Å². The molecule has 114 valence electrons. The molecular weight excluding hydrogens is 268 g/mol. The van der Waals surface area contributed by atoms with Crippen molar-refractivity contribution in [1.82, 2.24) is 9.80 Å². The molecule has 3 fully saturated rings. The van der Waals surface area contributed by atoms with E-state index in [-0.39, 0.29) is 5.41 Å². The zero-order valence-electron chi connectivity index (χ0n) is 12.8. The van der Waals surface area contributed by atoms with Crippen LogP contribution in [0.1, 0.15) is 38.5 Å². The summed E-state index contributed by atoms with van der Waals surface area (Å²) in [7, 11) is 0. The van der Waals surface area contributed by atoms with Crippen LogP contribution < -0.4 is 0 Å². The summed E-state index contributed by atoms with van der Waals surface area (Å²) >= 11 is 1.92. The molecule has 3 aliphatic rings. The van der Waals surface area contributed by atoms with Crippen LogP contribution in [0.3, 0.4) is 0 Å². The van der Waals surface area contributed by atoms with Gasteiger partial charge in [0.25, 0.3) is 0 Å². The summed E-state index contributed by atoms with van der Waals surface area (Å²) in [6.45, 7) is 5.41. The van der Waals surface area contributed by atoms with Crippen molar-refractivity contribution in [2.75, 3.05) is 44.7 Å². The molecule has 1 aliphatic carbocycles. The normalized spacial score (nSPS) is 31.4. The quantitative estimate of drug-likeness (QED) is 0.704. The van der Waals surface area contributed by atoms with Crippen molar-refractivity contribution in [3.8, 4) is 0 Å². The zero-order chi connectivity index (χ0) is 14.0. The van der Waals surface area contributed by atoms with Gasteiger partial charge in [-0.1, -0.05) is 0 Å². The fraction of sp³-hybridized carbons (Fsp3) is 0.938. The molecule has 1 amide bonds. The van der Waals surface area contributed by atoms with Crippen LogP contribution in [0.25, 0.3) is 0 Å². The maximum atomic E-state index is 12.9. The zero-order valence-corrected chi connectivity index (χ0v) is 13.6. The van der Waals surface area contributed by atoms with Crippen molar-refractivity contribution in [3.63, 3.8) is 0 Å². The molecule has 3 rings (SSSR count). The molecule has 1 spiro atoms. The summed E-state index contributed by atoms with van der Waals surface area (Å²) in [4.78, 5) is 17.6. The van der Waals surface area contributed by atoms with Gasteiger partial charge in [0.2, 0.25) is 5.91 Å². The van der Waals surface area contributed by atoms with Crippen molar-refractivity contribution < 1.29 is 4.79 Å². The number of likely N-dealkylation sites (tertiary alicyclic amines) is 2. The Morgan fingerprint density at radius 2 is 2.15 bits per heavy atom. The molecule has 0 aromatic carbocycles. The molecular formula is C16H28N2OS. The van der Waals surface area contributed by atoms with Gasteiger partial charge in [-0.15, -0.1) is 0 Å². The van der Waals surface area contributed by atoms with Crippen LogP contribution in [0.5, 0.6) is 0 Å². The SMILES string of the molecule is CSCCCN1CC[C@]2(CCCN(CC3CC3)C2=O)C1. The van der Waals surface area contributed by atoms with Crippen molar-refractivity contribution in [2.45, 2.75) is 38.5 Å². The van der Waals surface area contributed by atoms with Gasteiger partial charge in [-0.2, -0.15) is 11.8 Å². The molecule has 2 aliphatic heterocycles. The van der Waals surface area contributed by atoms with E-state index in [1.165, 1.54) is 38.0 Å². The van der Waals surface area contributed by atoms with E-state index in [0.717, 1.165) is 44.9 Å². The van der Waals surface area contributed by atoms with Gasteiger partial charge in [0.05, 0.1) is 5.41 Å². The minimum absolute atomic E-state index is 0.00744. The predicted molar refractivity (Wildman–Crippen MR) is 85.0 cm³/mol. The first-order chi connectivity index (χ1) is 9.73. The molecule has 0 N–H and O–H groups in total. The molecule has 2 heterocycles. The van der Waals surface area contributed by atoms with Crippen molar-refractivity contribution >= 4 is 17.7 Å². The number of hydrogen-bond donors (Lipinski definition) is 0. The van der Waals surface area contributed by atoms with E-state index in [0.29, 0.717) is 5.91 Å². The van der Waals surface area contributed by atoms with Crippen LogP contribution in [-0.4, -0.2) is 60.4 Å². The average molecular weight is 296 g/mol. The first kappa shape index (κ1) is 14.7. The van der Waals surface area contributed by atoms with Crippen LogP contribution in [0.15, 0.2) is 0 Å². The Morgan fingerprint density at radius 3 is 2.90 bits per heavy atom. The van der Waals surface area contributed by atoms with Crippen LogP contribution in [0, 0.1) is 11.3 Å². The van der Waals surface area contributed by atoms with E-state index >= 15 is 0 Å². The second kappa shape index (κ2) is 6.27. The van der Waals surface area contributed by atoms with Gasteiger partial charge in [0, 0.05) is 19.6 Å². The first-order valence-electron chi connectivity index (χ1n) is 8.24. The smallest absolute Gasteiger partial charge is 0.230 e. The number of carbonyl (C=O) groups excluding carboxylic acids is 1. The van der Waals surface area contributed by atoms with Crippen molar-refractivity contribution in [3.05, 3.63) is 0 Å². The minimum Gasteiger partial charge on any atom is -0.342 e. The first-order valence-corrected chi connectivity index (χ1v) is 9.64. The number of rotatable bonds is 6. The summed E-state index contributed by atoms with van der Waals surface area (Å²) in [6, 6.07) is 0. The second-order valence-electron chi connectivity index (χ2n) is 6.95. The number of piperidine rings is 1. The van der Waals surface area contributed by atoms with Gasteiger partial charge in [0.1, 0.15) is 0 Å². The highest BCUT2D eigenvalue weighted by Gasteiger charge is 2.48. The van der Waals surface area contributed by atoms with Gasteiger partial charge in [-0.3, -0.25) is 4.79 Å². The van der Waals surface area contributed by atoms with E-state index in [2.05, 4.69) is 16.1 Å². The molecule has 0 radical (unpaired) electrons. The molecule has 4 heteroatoms. The van der Waals surface area contributed by atoms with Crippen molar-refractivity contribution in [2.24, 2.45) is 11.3 Å². The maximum absolute atomic E-state index is 12.9. The van der Waals surface area contributed by atoms with E-state index < -0.39 is 0 Å². The molecule has 0 aromatic rings. The predicted octanol–water partition coefficient (Wildman–Crippen LogP) is 2.46. The lowest BCUT2D eigenvalue weighted by Crippen LogP contribution is -2.50. The third-order valence-electron chi connectivity index (χ3n) is 5.26. The molecule has 0 bridgehead atoms. The lowest BCUT2D eigenvalue weighted by molar-refractivity contribution is -0.145. The molecule has 2 saturated heterocycles. The lowest BCUT2D eigenvalue weighted by Gasteiger charge is -2.39. The second-order valence-corrected chi connectivity index (χ2v) is 7.94. The number of hydrogen-bond acceptors (Lipinski definition) is 3. The van der Waals surface area contributed by atoms with Crippen LogP contribution in [0.4, 0.5) is 0 Å². The van der Waals surface area contributed by atoms with Gasteiger partial charge in [-0.25, -0.2) is 0 Å². The van der Waals surface area contributed by atoms with E-state index in [4.69, 9.17) is 0 Å². The third kappa shape index (κ3) is 3.16. The Morgan fingerprint density at radius 1 is 1.30 bits per heavy atom. The maximum Gasteiger partial charge on any atom is 0.230 e. The summed E-state index contributed by atoms with van der Waals surface area (Å²) in [5.74, 6) is 2.56. The Labute approximate surface area is 127 Å². The molecule has 1 saturated carbocycles. The molecule has 1 atom stereocenters. The van der Waals surface area contributed by atoms with Gasteiger partial charge in [-0.05, 0) is 69.5 Å². The number of thioether (sulfide) groups is 1. The summed E-state index contributed by atoms with van der Waals surface area (Å²) < 4.78 is 0. The van der Waals surface area contributed by atoms with E-state index in [1.807, 2.05) is 11.8 Å². The molecule has 3 nitrogen and oxygen atoms in total. The Kier molecular flexibility index (Phi) is 4.61. The number of nitrogens with zero attached hydrogens (tertiary/aromatic N) is 2.